The minimum absolute atomic E-state index is 0.0638. The van der Waals surface area contributed by atoms with Crippen molar-refractivity contribution in [2.24, 2.45) is 0 Å². The van der Waals surface area contributed by atoms with Crippen LogP contribution < -0.4 is 10.2 Å². The third-order valence-corrected chi connectivity index (χ3v) is 5.02. The highest BCUT2D eigenvalue weighted by molar-refractivity contribution is 5.95. The van der Waals surface area contributed by atoms with E-state index < -0.39 is 0 Å². The molecule has 3 rings (SSSR count). The lowest BCUT2D eigenvalue weighted by Gasteiger charge is -2.21. The van der Waals surface area contributed by atoms with Crippen LogP contribution in [0.4, 0.5) is 5.69 Å². The third kappa shape index (κ3) is 4.47. The van der Waals surface area contributed by atoms with E-state index in [1.165, 1.54) is 0 Å². The van der Waals surface area contributed by atoms with E-state index in [1.807, 2.05) is 74.7 Å². The minimum Gasteiger partial charge on any atom is -0.351 e. The van der Waals surface area contributed by atoms with Gasteiger partial charge in [0.25, 0.3) is 5.91 Å². The highest BCUT2D eigenvalue weighted by atomic mass is 16.2. The SMILES string of the molecule is CCN(C(=O)CCCNC(=O)c1c(C)nc2c(C)cccn12)c1cccc(C)c1. The predicted molar refractivity (Wildman–Crippen MR) is 115 cm³/mol. The molecular formula is C23H28N4O2. The maximum absolute atomic E-state index is 12.7. The quantitative estimate of drug-likeness (QED) is 0.622. The number of pyridine rings is 1. The number of aromatic nitrogens is 2. The fourth-order valence-electron chi connectivity index (χ4n) is 3.55. The molecule has 0 saturated carbocycles. The van der Waals surface area contributed by atoms with Gasteiger partial charge < -0.3 is 10.2 Å². The summed E-state index contributed by atoms with van der Waals surface area (Å²) in [6.45, 7) is 8.86. The molecule has 2 amide bonds. The second-order valence-corrected chi connectivity index (χ2v) is 7.27. The number of nitrogens with one attached hydrogen (secondary N) is 1. The number of carbonyl (C=O) groups excluding carboxylic acids is 2. The van der Waals surface area contributed by atoms with Crippen molar-refractivity contribution in [2.45, 2.75) is 40.5 Å². The zero-order valence-electron chi connectivity index (χ0n) is 17.5. The maximum Gasteiger partial charge on any atom is 0.270 e. The standard InChI is InChI=1S/C23H28N4O2/c1-5-26(19-11-6-9-16(2)15-19)20(28)12-7-13-24-23(29)21-18(4)25-22-17(3)10-8-14-27(21)22/h6,8-11,14-15H,5,7,12-13H2,1-4H3,(H,24,29). The van der Waals surface area contributed by atoms with Gasteiger partial charge in [0.05, 0.1) is 5.69 Å². The van der Waals surface area contributed by atoms with E-state index in [-0.39, 0.29) is 11.8 Å². The van der Waals surface area contributed by atoms with Crippen LogP contribution in [-0.2, 0) is 4.79 Å². The van der Waals surface area contributed by atoms with E-state index in [0.29, 0.717) is 37.3 Å². The average Bonchev–Trinajstić information content (AvgIpc) is 3.03. The summed E-state index contributed by atoms with van der Waals surface area (Å²) >= 11 is 0. The molecule has 6 heteroatoms. The Morgan fingerprint density at radius 3 is 2.66 bits per heavy atom. The Hall–Kier alpha value is -3.15. The van der Waals surface area contributed by atoms with E-state index in [4.69, 9.17) is 0 Å². The lowest BCUT2D eigenvalue weighted by Crippen LogP contribution is -2.32. The number of imidazole rings is 1. The van der Waals surface area contributed by atoms with Crippen molar-refractivity contribution in [3.63, 3.8) is 0 Å². The Labute approximate surface area is 171 Å². The molecule has 0 aliphatic carbocycles. The summed E-state index contributed by atoms with van der Waals surface area (Å²) in [5.41, 5.74) is 5.10. The molecule has 0 unspecified atom stereocenters. The average molecular weight is 393 g/mol. The molecule has 0 atom stereocenters. The number of anilines is 1. The number of fused-ring (bicyclic) bond motifs is 1. The zero-order valence-corrected chi connectivity index (χ0v) is 17.5. The molecule has 29 heavy (non-hydrogen) atoms. The van der Waals surface area contributed by atoms with E-state index in [2.05, 4.69) is 10.3 Å². The first-order valence-electron chi connectivity index (χ1n) is 10.0. The van der Waals surface area contributed by atoms with Gasteiger partial charge in [-0.3, -0.25) is 14.0 Å². The number of rotatable bonds is 7. The van der Waals surface area contributed by atoms with Gasteiger partial charge in [-0.2, -0.15) is 0 Å². The van der Waals surface area contributed by atoms with Gasteiger partial charge in [-0.25, -0.2) is 4.98 Å². The lowest BCUT2D eigenvalue weighted by molar-refractivity contribution is -0.118. The van der Waals surface area contributed by atoms with E-state index in [1.54, 1.807) is 4.90 Å². The number of hydrogen-bond donors (Lipinski definition) is 1. The second kappa shape index (κ2) is 8.90. The van der Waals surface area contributed by atoms with E-state index >= 15 is 0 Å². The molecular weight excluding hydrogens is 364 g/mol. The fraction of sp³-hybridized carbons (Fsp3) is 0.348. The summed E-state index contributed by atoms with van der Waals surface area (Å²) in [4.78, 5) is 31.6. The first kappa shape index (κ1) is 20.6. The largest absolute Gasteiger partial charge is 0.351 e. The van der Waals surface area contributed by atoms with Crippen LogP contribution in [0.2, 0.25) is 0 Å². The first-order chi connectivity index (χ1) is 13.9. The van der Waals surface area contributed by atoms with Crippen LogP contribution >= 0.6 is 0 Å². The second-order valence-electron chi connectivity index (χ2n) is 7.27. The molecule has 0 spiro atoms. The number of nitrogens with zero attached hydrogens (tertiary/aromatic N) is 3. The highest BCUT2D eigenvalue weighted by Gasteiger charge is 2.18. The van der Waals surface area contributed by atoms with E-state index in [9.17, 15) is 9.59 Å². The summed E-state index contributed by atoms with van der Waals surface area (Å²) in [6, 6.07) is 11.8. The number of carbonyl (C=O) groups is 2. The number of benzene rings is 1. The molecule has 152 valence electrons. The van der Waals surface area contributed by atoms with Gasteiger partial charge >= 0.3 is 0 Å². The number of hydrogen-bond acceptors (Lipinski definition) is 3. The maximum atomic E-state index is 12.7. The number of aryl methyl sites for hydroxylation is 3. The Morgan fingerprint density at radius 1 is 1.14 bits per heavy atom. The summed E-state index contributed by atoms with van der Waals surface area (Å²) < 4.78 is 1.82. The Bertz CT molecular complexity index is 1040. The molecule has 1 aromatic carbocycles. The zero-order chi connectivity index (χ0) is 21.0. The van der Waals surface area contributed by atoms with Crippen molar-refractivity contribution in [2.75, 3.05) is 18.0 Å². The summed E-state index contributed by atoms with van der Waals surface area (Å²) in [5.74, 6) is -0.104. The van der Waals surface area contributed by atoms with Gasteiger partial charge in [-0.15, -0.1) is 0 Å². The Kier molecular flexibility index (Phi) is 6.32. The van der Waals surface area contributed by atoms with Gasteiger partial charge in [-0.1, -0.05) is 18.2 Å². The van der Waals surface area contributed by atoms with Crippen LogP contribution in [0.15, 0.2) is 42.6 Å². The molecule has 0 saturated heterocycles. The van der Waals surface area contributed by atoms with Crippen LogP contribution in [0.5, 0.6) is 0 Å². The van der Waals surface area contributed by atoms with Crippen molar-refractivity contribution in [1.29, 1.82) is 0 Å². The monoisotopic (exact) mass is 392 g/mol. The Morgan fingerprint density at radius 2 is 1.93 bits per heavy atom. The summed E-state index contributed by atoms with van der Waals surface area (Å²) in [6.07, 6.45) is 2.82. The molecule has 0 aliphatic heterocycles. The van der Waals surface area contributed by atoms with Crippen molar-refractivity contribution < 1.29 is 9.59 Å². The van der Waals surface area contributed by atoms with Crippen LogP contribution in [0.1, 0.15) is 47.1 Å². The van der Waals surface area contributed by atoms with Gasteiger partial charge in [0.1, 0.15) is 11.3 Å². The van der Waals surface area contributed by atoms with Gasteiger partial charge in [0, 0.05) is 31.4 Å². The highest BCUT2D eigenvalue weighted by Crippen LogP contribution is 2.17. The molecule has 0 fully saturated rings. The molecule has 0 radical (unpaired) electrons. The third-order valence-electron chi connectivity index (χ3n) is 5.02. The molecule has 6 nitrogen and oxygen atoms in total. The van der Waals surface area contributed by atoms with Gasteiger partial charge in [0.15, 0.2) is 0 Å². The molecule has 1 N–H and O–H groups in total. The molecule has 0 aliphatic rings. The topological polar surface area (TPSA) is 66.7 Å². The summed E-state index contributed by atoms with van der Waals surface area (Å²) in [5, 5.41) is 2.93. The van der Waals surface area contributed by atoms with Crippen LogP contribution in [-0.4, -0.2) is 34.3 Å². The lowest BCUT2D eigenvalue weighted by atomic mass is 10.2. The van der Waals surface area contributed by atoms with Gasteiger partial charge in [0.2, 0.25) is 5.91 Å². The molecule has 3 aromatic rings. The van der Waals surface area contributed by atoms with Crippen LogP contribution in [0.25, 0.3) is 5.65 Å². The summed E-state index contributed by atoms with van der Waals surface area (Å²) in [7, 11) is 0. The smallest absolute Gasteiger partial charge is 0.270 e. The molecule has 2 heterocycles. The van der Waals surface area contributed by atoms with Gasteiger partial charge in [-0.05, 0) is 63.4 Å². The fourth-order valence-corrected chi connectivity index (χ4v) is 3.55. The predicted octanol–water partition coefficient (Wildman–Crippen LogP) is 3.82. The van der Waals surface area contributed by atoms with Crippen LogP contribution in [0, 0.1) is 20.8 Å². The Balaban J connectivity index is 1.58. The number of amides is 2. The van der Waals surface area contributed by atoms with Crippen LogP contribution in [0.3, 0.4) is 0 Å². The van der Waals surface area contributed by atoms with E-state index in [0.717, 1.165) is 22.5 Å². The molecule has 0 bridgehead atoms. The normalized spacial score (nSPS) is 10.9. The minimum atomic E-state index is -0.168. The first-order valence-corrected chi connectivity index (χ1v) is 10.0. The van der Waals surface area contributed by atoms with Crippen molar-refractivity contribution in [3.8, 4) is 0 Å². The molecule has 2 aromatic heterocycles. The van der Waals surface area contributed by atoms with Crippen molar-refractivity contribution >= 4 is 23.1 Å². The van der Waals surface area contributed by atoms with Crippen molar-refractivity contribution in [1.82, 2.24) is 14.7 Å². The van der Waals surface area contributed by atoms with Crippen molar-refractivity contribution in [3.05, 3.63) is 65.1 Å².